The number of esters is 1. The number of rotatable bonds is 3. The molecule has 0 bridgehead atoms. The third kappa shape index (κ3) is 2.56. The molecule has 1 aliphatic rings. The van der Waals surface area contributed by atoms with Crippen LogP contribution in [0.25, 0.3) is 0 Å². The number of fused-ring (bicyclic) bond motifs is 1. The Hall–Kier alpha value is -2.14. The first-order valence-corrected chi connectivity index (χ1v) is 6.95. The molecule has 3 rings (SSSR count). The lowest BCUT2D eigenvalue weighted by atomic mass is 9.87. The Balaban J connectivity index is 1.82. The average Bonchev–Trinajstić information content (AvgIpc) is 2.88. The second kappa shape index (κ2) is 5.33. The fraction of sp³-hybridized carbons (Fsp3) is 0.375. The van der Waals surface area contributed by atoms with E-state index in [0.717, 1.165) is 5.69 Å². The number of hydrogen-bond donors (Lipinski definition) is 1. The summed E-state index contributed by atoms with van der Waals surface area (Å²) in [7, 11) is 0. The number of oxazole rings is 1. The van der Waals surface area contributed by atoms with Crippen LogP contribution in [0, 0.1) is 12.8 Å². The maximum Gasteiger partial charge on any atom is 0.338 e. The van der Waals surface area contributed by atoms with Crippen molar-refractivity contribution in [3.05, 3.63) is 53.2 Å². The first-order valence-electron chi connectivity index (χ1n) is 6.95. The number of carbonyl (C=O) groups is 1. The minimum atomic E-state index is -0.818. The standard InChI is InChI=1S/C16H17NO4/c1-9(7-11-8-20-10(2)17-11)15-14(18)12-5-3-4-6-13(12)16(19)21-15/h3-6,8-9,14-15,18H,7H2,1-2H3/t9-,14-,15-/m1/s1. The van der Waals surface area contributed by atoms with Gasteiger partial charge < -0.3 is 14.3 Å². The van der Waals surface area contributed by atoms with Crippen LogP contribution in [0.4, 0.5) is 0 Å². The van der Waals surface area contributed by atoms with Crippen molar-refractivity contribution >= 4 is 5.97 Å². The highest BCUT2D eigenvalue weighted by atomic mass is 16.6. The Labute approximate surface area is 122 Å². The Morgan fingerprint density at radius 3 is 2.86 bits per heavy atom. The summed E-state index contributed by atoms with van der Waals surface area (Å²) in [5, 5.41) is 10.5. The fourth-order valence-electron chi connectivity index (χ4n) is 2.74. The van der Waals surface area contributed by atoms with Crippen LogP contribution in [0.15, 0.2) is 34.9 Å². The predicted molar refractivity (Wildman–Crippen MR) is 74.7 cm³/mol. The van der Waals surface area contributed by atoms with Crippen LogP contribution in [-0.4, -0.2) is 22.2 Å². The molecule has 110 valence electrons. The average molecular weight is 287 g/mol. The lowest BCUT2D eigenvalue weighted by Gasteiger charge is -2.33. The minimum absolute atomic E-state index is 0.0678. The number of aliphatic hydroxyl groups excluding tert-OH is 1. The third-order valence-electron chi connectivity index (χ3n) is 3.81. The van der Waals surface area contributed by atoms with Gasteiger partial charge in [-0.1, -0.05) is 25.1 Å². The van der Waals surface area contributed by atoms with E-state index in [0.29, 0.717) is 23.4 Å². The number of aryl methyl sites for hydroxylation is 1. The number of carbonyl (C=O) groups excluding carboxylic acids is 1. The summed E-state index contributed by atoms with van der Waals surface area (Å²) in [4.78, 5) is 16.3. The van der Waals surface area contributed by atoms with Crippen LogP contribution in [-0.2, 0) is 11.2 Å². The molecule has 0 unspecified atom stereocenters. The predicted octanol–water partition coefficient (Wildman–Crippen LogP) is 2.43. The molecule has 0 saturated heterocycles. The molecule has 0 amide bonds. The van der Waals surface area contributed by atoms with Gasteiger partial charge in [0.2, 0.25) is 0 Å². The van der Waals surface area contributed by atoms with E-state index >= 15 is 0 Å². The monoisotopic (exact) mass is 287 g/mol. The van der Waals surface area contributed by atoms with E-state index in [1.165, 1.54) is 0 Å². The van der Waals surface area contributed by atoms with E-state index in [1.54, 1.807) is 31.4 Å². The highest BCUT2D eigenvalue weighted by Gasteiger charge is 2.37. The second-order valence-electron chi connectivity index (χ2n) is 5.44. The number of aromatic nitrogens is 1. The summed E-state index contributed by atoms with van der Waals surface area (Å²) in [6, 6.07) is 7.00. The first kappa shape index (κ1) is 13.8. The van der Waals surface area contributed by atoms with E-state index in [1.807, 2.05) is 13.0 Å². The Kier molecular flexibility index (Phi) is 3.51. The highest BCUT2D eigenvalue weighted by Crippen LogP contribution is 2.34. The van der Waals surface area contributed by atoms with E-state index in [9.17, 15) is 9.90 Å². The molecule has 21 heavy (non-hydrogen) atoms. The summed E-state index contributed by atoms with van der Waals surface area (Å²) in [6.45, 7) is 3.71. The SMILES string of the molecule is Cc1nc(C[C@@H](C)[C@H]2OC(=O)c3ccccc3[C@H]2O)co1. The molecular weight excluding hydrogens is 270 g/mol. The van der Waals surface area contributed by atoms with Crippen molar-refractivity contribution in [3.8, 4) is 0 Å². The van der Waals surface area contributed by atoms with E-state index in [4.69, 9.17) is 9.15 Å². The van der Waals surface area contributed by atoms with Gasteiger partial charge in [0.25, 0.3) is 0 Å². The number of cyclic esters (lactones) is 1. The van der Waals surface area contributed by atoms with Crippen molar-refractivity contribution in [1.82, 2.24) is 4.98 Å². The molecule has 1 N–H and O–H groups in total. The number of benzene rings is 1. The van der Waals surface area contributed by atoms with Crippen LogP contribution in [0.5, 0.6) is 0 Å². The zero-order valence-electron chi connectivity index (χ0n) is 11.9. The number of aliphatic hydroxyl groups is 1. The Morgan fingerprint density at radius 1 is 1.38 bits per heavy atom. The topological polar surface area (TPSA) is 72.6 Å². The summed E-state index contributed by atoms with van der Waals surface area (Å²) in [5.41, 5.74) is 1.86. The molecule has 0 aliphatic carbocycles. The molecule has 5 nitrogen and oxygen atoms in total. The van der Waals surface area contributed by atoms with Gasteiger partial charge in [0.05, 0.1) is 11.3 Å². The lowest BCUT2D eigenvalue weighted by molar-refractivity contribution is -0.0509. The molecule has 1 aromatic heterocycles. The quantitative estimate of drug-likeness (QED) is 0.878. The summed E-state index contributed by atoms with van der Waals surface area (Å²) in [5.74, 6) is 0.148. The summed E-state index contributed by atoms with van der Waals surface area (Å²) in [6.07, 6.45) is 0.775. The van der Waals surface area contributed by atoms with Crippen molar-refractivity contribution in [2.45, 2.75) is 32.5 Å². The van der Waals surface area contributed by atoms with Gasteiger partial charge in [0, 0.05) is 12.8 Å². The van der Waals surface area contributed by atoms with Gasteiger partial charge in [-0.05, 0) is 18.1 Å². The van der Waals surface area contributed by atoms with Gasteiger partial charge in [-0.2, -0.15) is 0 Å². The van der Waals surface area contributed by atoms with Crippen LogP contribution in [0.3, 0.4) is 0 Å². The van der Waals surface area contributed by atoms with Gasteiger partial charge >= 0.3 is 5.97 Å². The van der Waals surface area contributed by atoms with Gasteiger partial charge in [-0.3, -0.25) is 0 Å². The number of ether oxygens (including phenoxy) is 1. The molecule has 3 atom stereocenters. The zero-order chi connectivity index (χ0) is 15.0. The van der Waals surface area contributed by atoms with Gasteiger partial charge in [-0.15, -0.1) is 0 Å². The molecule has 0 radical (unpaired) electrons. The van der Waals surface area contributed by atoms with Gasteiger partial charge in [-0.25, -0.2) is 9.78 Å². The van der Waals surface area contributed by atoms with Gasteiger partial charge in [0.15, 0.2) is 5.89 Å². The fourth-order valence-corrected chi connectivity index (χ4v) is 2.74. The van der Waals surface area contributed by atoms with Crippen LogP contribution in [0.2, 0.25) is 0 Å². The summed E-state index contributed by atoms with van der Waals surface area (Å²) < 4.78 is 10.6. The number of nitrogens with zero attached hydrogens (tertiary/aromatic N) is 1. The smallest absolute Gasteiger partial charge is 0.338 e. The molecule has 5 heteroatoms. The Bertz CT molecular complexity index is 664. The Morgan fingerprint density at radius 2 is 2.14 bits per heavy atom. The molecule has 1 aromatic carbocycles. The molecule has 2 heterocycles. The maximum atomic E-state index is 12.0. The third-order valence-corrected chi connectivity index (χ3v) is 3.81. The second-order valence-corrected chi connectivity index (χ2v) is 5.44. The summed E-state index contributed by atoms with van der Waals surface area (Å²) >= 11 is 0. The van der Waals surface area contributed by atoms with Crippen molar-refractivity contribution in [2.75, 3.05) is 0 Å². The molecule has 0 fully saturated rings. The van der Waals surface area contributed by atoms with E-state index in [-0.39, 0.29) is 11.9 Å². The molecule has 1 aliphatic heterocycles. The van der Waals surface area contributed by atoms with Gasteiger partial charge in [0.1, 0.15) is 18.5 Å². The van der Waals surface area contributed by atoms with Crippen LogP contribution < -0.4 is 0 Å². The largest absolute Gasteiger partial charge is 0.455 e. The normalized spacial score (nSPS) is 22.5. The molecular formula is C16H17NO4. The van der Waals surface area contributed by atoms with Crippen molar-refractivity contribution < 1.29 is 19.1 Å². The first-order chi connectivity index (χ1) is 10.1. The molecule has 0 saturated carbocycles. The lowest BCUT2D eigenvalue weighted by Crippen LogP contribution is -2.37. The van der Waals surface area contributed by atoms with E-state index in [2.05, 4.69) is 4.98 Å². The molecule has 0 spiro atoms. The zero-order valence-corrected chi connectivity index (χ0v) is 11.9. The van der Waals surface area contributed by atoms with Crippen molar-refractivity contribution in [1.29, 1.82) is 0 Å². The van der Waals surface area contributed by atoms with Crippen molar-refractivity contribution in [2.24, 2.45) is 5.92 Å². The van der Waals surface area contributed by atoms with Crippen molar-refractivity contribution in [3.63, 3.8) is 0 Å². The maximum absolute atomic E-state index is 12.0. The molecule has 2 aromatic rings. The van der Waals surface area contributed by atoms with E-state index < -0.39 is 12.2 Å². The number of hydrogen-bond acceptors (Lipinski definition) is 5. The van der Waals surface area contributed by atoms with Crippen LogP contribution in [0.1, 0.15) is 40.5 Å². The van der Waals surface area contributed by atoms with Crippen LogP contribution >= 0.6 is 0 Å². The minimum Gasteiger partial charge on any atom is -0.455 e. The highest BCUT2D eigenvalue weighted by molar-refractivity contribution is 5.92.